The van der Waals surface area contributed by atoms with E-state index in [0.29, 0.717) is 24.7 Å². The molecule has 1 aromatic heterocycles. The molecular formula is C26H29NO4. The molecule has 0 aliphatic heterocycles. The zero-order chi connectivity index (χ0) is 21.5. The molecule has 5 nitrogen and oxygen atoms in total. The standard InChI is InChI=1S/C26H29NO4/c1-19-7-14-26(30-19)31-24-13-12-23(25(28)17-24)15-16-27-29-18-20-8-10-22(11-9-20)21-5-3-2-4-6-21/h7-14,16-17,21,28H,2-6,15,18H2,1H3. The van der Waals surface area contributed by atoms with E-state index in [2.05, 4.69) is 29.4 Å². The fraction of sp³-hybridized carbons (Fsp3) is 0.346. The van der Waals surface area contributed by atoms with E-state index in [0.717, 1.165) is 22.8 Å². The van der Waals surface area contributed by atoms with Gasteiger partial charge in [0.1, 0.15) is 23.9 Å². The molecule has 1 N–H and O–H groups in total. The highest BCUT2D eigenvalue weighted by Gasteiger charge is 2.15. The van der Waals surface area contributed by atoms with Crippen molar-refractivity contribution in [2.24, 2.45) is 5.16 Å². The summed E-state index contributed by atoms with van der Waals surface area (Å²) in [6.45, 7) is 2.28. The second-order valence-electron chi connectivity index (χ2n) is 8.10. The zero-order valence-electron chi connectivity index (χ0n) is 17.9. The zero-order valence-corrected chi connectivity index (χ0v) is 17.9. The van der Waals surface area contributed by atoms with Crippen molar-refractivity contribution in [3.05, 3.63) is 77.0 Å². The van der Waals surface area contributed by atoms with E-state index in [1.807, 2.05) is 13.0 Å². The predicted molar refractivity (Wildman–Crippen MR) is 121 cm³/mol. The first-order valence-electron chi connectivity index (χ1n) is 11.0. The van der Waals surface area contributed by atoms with Crippen molar-refractivity contribution in [3.63, 3.8) is 0 Å². The molecule has 0 bridgehead atoms. The van der Waals surface area contributed by atoms with Crippen molar-refractivity contribution in [2.75, 3.05) is 0 Å². The third kappa shape index (κ3) is 5.91. The van der Waals surface area contributed by atoms with Crippen LogP contribution < -0.4 is 4.74 Å². The molecule has 3 aromatic rings. The van der Waals surface area contributed by atoms with Crippen LogP contribution in [0.4, 0.5) is 0 Å². The van der Waals surface area contributed by atoms with Crippen molar-refractivity contribution in [2.45, 2.75) is 58.0 Å². The summed E-state index contributed by atoms with van der Waals surface area (Å²) in [6, 6.07) is 17.4. The molecule has 0 saturated heterocycles. The molecule has 162 valence electrons. The Morgan fingerprint density at radius 2 is 1.84 bits per heavy atom. The van der Waals surface area contributed by atoms with Crippen LogP contribution in [-0.4, -0.2) is 11.3 Å². The number of oxime groups is 1. The van der Waals surface area contributed by atoms with Crippen LogP contribution in [0.15, 0.2) is 64.2 Å². The maximum absolute atomic E-state index is 10.2. The fourth-order valence-corrected chi connectivity index (χ4v) is 3.98. The van der Waals surface area contributed by atoms with E-state index in [1.165, 1.54) is 37.7 Å². The first-order valence-corrected chi connectivity index (χ1v) is 11.0. The van der Waals surface area contributed by atoms with Crippen LogP contribution in [-0.2, 0) is 17.9 Å². The molecule has 31 heavy (non-hydrogen) atoms. The number of hydrogen-bond acceptors (Lipinski definition) is 5. The molecule has 1 heterocycles. The van der Waals surface area contributed by atoms with Crippen LogP contribution in [0.25, 0.3) is 0 Å². The van der Waals surface area contributed by atoms with Gasteiger partial charge in [0.05, 0.1) is 0 Å². The maximum Gasteiger partial charge on any atom is 0.290 e. The fourth-order valence-electron chi connectivity index (χ4n) is 3.98. The van der Waals surface area contributed by atoms with Crippen LogP contribution in [0.5, 0.6) is 17.4 Å². The lowest BCUT2D eigenvalue weighted by Crippen LogP contribution is -2.04. The monoisotopic (exact) mass is 419 g/mol. The number of rotatable bonds is 8. The van der Waals surface area contributed by atoms with Crippen molar-refractivity contribution in [1.29, 1.82) is 0 Å². The van der Waals surface area contributed by atoms with E-state index in [4.69, 9.17) is 14.0 Å². The Morgan fingerprint density at radius 3 is 2.55 bits per heavy atom. The van der Waals surface area contributed by atoms with E-state index in [9.17, 15) is 5.11 Å². The SMILES string of the molecule is Cc1ccc(Oc2ccc(CC=NOCc3ccc(C4CCCCC4)cc3)c(O)c2)o1. The van der Waals surface area contributed by atoms with Gasteiger partial charge in [0.25, 0.3) is 5.95 Å². The second-order valence-corrected chi connectivity index (χ2v) is 8.10. The molecular weight excluding hydrogens is 390 g/mol. The molecule has 1 saturated carbocycles. The maximum atomic E-state index is 10.2. The Balaban J connectivity index is 1.23. The molecule has 0 unspecified atom stereocenters. The van der Waals surface area contributed by atoms with Crippen molar-refractivity contribution in [1.82, 2.24) is 0 Å². The van der Waals surface area contributed by atoms with Crippen LogP contribution in [0.3, 0.4) is 0 Å². The second kappa shape index (κ2) is 10.2. The molecule has 0 radical (unpaired) electrons. The summed E-state index contributed by atoms with van der Waals surface area (Å²) < 4.78 is 11.0. The highest BCUT2D eigenvalue weighted by Crippen LogP contribution is 2.32. The van der Waals surface area contributed by atoms with Gasteiger partial charge in [-0.25, -0.2) is 0 Å². The first kappa shape index (κ1) is 21.0. The molecule has 0 amide bonds. The van der Waals surface area contributed by atoms with Gasteiger partial charge in [-0.2, -0.15) is 0 Å². The van der Waals surface area contributed by atoms with E-state index in [1.54, 1.807) is 30.5 Å². The third-order valence-electron chi connectivity index (χ3n) is 5.74. The molecule has 0 atom stereocenters. The summed E-state index contributed by atoms with van der Waals surface area (Å²) in [4.78, 5) is 5.42. The molecule has 5 heteroatoms. The molecule has 0 spiro atoms. The van der Waals surface area contributed by atoms with Crippen LogP contribution in [0.1, 0.15) is 60.5 Å². The van der Waals surface area contributed by atoms with Gasteiger partial charge in [0.15, 0.2) is 0 Å². The Morgan fingerprint density at radius 1 is 1.03 bits per heavy atom. The van der Waals surface area contributed by atoms with Crippen LogP contribution in [0.2, 0.25) is 0 Å². The lowest BCUT2D eigenvalue weighted by atomic mass is 9.84. The number of benzene rings is 2. The quantitative estimate of drug-likeness (QED) is 0.319. The number of phenols is 1. The number of hydrogen-bond donors (Lipinski definition) is 1. The summed E-state index contributed by atoms with van der Waals surface area (Å²) in [5, 5.41) is 14.3. The van der Waals surface area contributed by atoms with E-state index >= 15 is 0 Å². The number of aryl methyl sites for hydroxylation is 1. The molecule has 1 fully saturated rings. The molecule has 4 rings (SSSR count). The van der Waals surface area contributed by atoms with Crippen LogP contribution >= 0.6 is 0 Å². The van der Waals surface area contributed by atoms with Crippen molar-refractivity contribution in [3.8, 4) is 17.4 Å². The van der Waals surface area contributed by atoms with Gasteiger partial charge in [-0.3, -0.25) is 0 Å². The Bertz CT molecular complexity index is 1000. The Kier molecular flexibility index (Phi) is 6.92. The number of aromatic hydroxyl groups is 1. The van der Waals surface area contributed by atoms with Gasteiger partial charge in [0, 0.05) is 24.8 Å². The summed E-state index contributed by atoms with van der Waals surface area (Å²) in [6.07, 6.45) is 8.80. The van der Waals surface area contributed by atoms with Gasteiger partial charge >= 0.3 is 0 Å². The highest BCUT2D eigenvalue weighted by molar-refractivity contribution is 5.63. The van der Waals surface area contributed by atoms with Crippen molar-refractivity contribution < 1.29 is 19.1 Å². The predicted octanol–water partition coefficient (Wildman–Crippen LogP) is 6.88. The average molecular weight is 420 g/mol. The van der Waals surface area contributed by atoms with Gasteiger partial charge in [-0.15, -0.1) is 0 Å². The van der Waals surface area contributed by atoms with Crippen molar-refractivity contribution >= 4 is 6.21 Å². The van der Waals surface area contributed by atoms with E-state index < -0.39 is 0 Å². The highest BCUT2D eigenvalue weighted by atomic mass is 16.6. The molecule has 2 aromatic carbocycles. The minimum Gasteiger partial charge on any atom is -0.508 e. The molecule has 1 aliphatic rings. The van der Waals surface area contributed by atoms with Gasteiger partial charge in [-0.05, 0) is 54.5 Å². The van der Waals surface area contributed by atoms with Gasteiger partial charge in [0.2, 0.25) is 0 Å². The normalized spacial score (nSPS) is 14.7. The smallest absolute Gasteiger partial charge is 0.290 e. The lowest BCUT2D eigenvalue weighted by Gasteiger charge is -2.22. The summed E-state index contributed by atoms with van der Waals surface area (Å²) in [5.74, 6) is 2.54. The summed E-state index contributed by atoms with van der Waals surface area (Å²) >= 11 is 0. The minimum atomic E-state index is 0.144. The summed E-state index contributed by atoms with van der Waals surface area (Å²) in [5.41, 5.74) is 3.29. The molecule has 1 aliphatic carbocycles. The number of phenolic OH excluding ortho intramolecular Hbond substituents is 1. The summed E-state index contributed by atoms with van der Waals surface area (Å²) in [7, 11) is 0. The Labute approximate surface area is 183 Å². The largest absolute Gasteiger partial charge is 0.508 e. The van der Waals surface area contributed by atoms with Crippen LogP contribution in [0, 0.1) is 6.92 Å². The van der Waals surface area contributed by atoms with Gasteiger partial charge < -0.3 is 19.1 Å². The number of ether oxygens (including phenoxy) is 1. The minimum absolute atomic E-state index is 0.144. The Hall–Kier alpha value is -3.21. The average Bonchev–Trinajstić information content (AvgIpc) is 3.20. The number of furan rings is 1. The lowest BCUT2D eigenvalue weighted by molar-refractivity contribution is 0.131. The topological polar surface area (TPSA) is 64.2 Å². The number of nitrogens with zero attached hydrogens (tertiary/aromatic N) is 1. The first-order chi connectivity index (χ1) is 15.2. The van der Waals surface area contributed by atoms with E-state index in [-0.39, 0.29) is 5.75 Å². The van der Waals surface area contributed by atoms with Gasteiger partial charge in [-0.1, -0.05) is 54.8 Å². The third-order valence-corrected chi connectivity index (χ3v) is 5.74.